The highest BCUT2D eigenvalue weighted by molar-refractivity contribution is 6.05. The minimum absolute atomic E-state index is 0.123. The van der Waals surface area contributed by atoms with Crippen LogP contribution in [0.25, 0.3) is 0 Å². The Morgan fingerprint density at radius 1 is 0.607 bits per heavy atom. The first-order chi connectivity index (χ1) is 26.8. The quantitative estimate of drug-likeness (QED) is 0.0904. The van der Waals surface area contributed by atoms with E-state index in [0.717, 1.165) is 0 Å². The van der Waals surface area contributed by atoms with Crippen LogP contribution in [-0.2, 0) is 20.8 Å². The summed E-state index contributed by atoms with van der Waals surface area (Å²) in [4.78, 5) is 31.3. The van der Waals surface area contributed by atoms with Gasteiger partial charge in [0.15, 0.2) is 0 Å². The van der Waals surface area contributed by atoms with Crippen molar-refractivity contribution in [2.45, 2.75) is 83.1 Å². The third kappa shape index (κ3) is 7.44. The lowest BCUT2D eigenvalue weighted by Crippen LogP contribution is -2.68. The molecule has 1 saturated carbocycles. The number of nitrogens with two attached hydrogens (primary N) is 1. The van der Waals surface area contributed by atoms with Gasteiger partial charge >= 0.3 is 0 Å². The molecule has 10 nitrogen and oxygen atoms in total. The molecule has 4 N–H and O–H groups in total. The van der Waals surface area contributed by atoms with Crippen LogP contribution in [0.5, 0.6) is 23.0 Å². The lowest BCUT2D eigenvalue weighted by molar-refractivity contribution is -0.174. The molecule has 2 amide bonds. The van der Waals surface area contributed by atoms with Gasteiger partial charge in [-0.2, -0.15) is 0 Å². The number of hydrogen-bond donors (Lipinski definition) is 3. The minimum Gasteiger partial charge on any atom is -0.496 e. The fourth-order valence-corrected chi connectivity index (χ4v) is 8.55. The zero-order valence-electron chi connectivity index (χ0n) is 34.0. The predicted molar refractivity (Wildman–Crippen MR) is 217 cm³/mol. The molecule has 2 atom stereocenters. The van der Waals surface area contributed by atoms with Gasteiger partial charge in [0.1, 0.15) is 39.6 Å². The predicted octanol–water partition coefficient (Wildman–Crippen LogP) is 7.21. The average molecular weight is 767 g/mol. The summed E-state index contributed by atoms with van der Waals surface area (Å²) in [5.74, 6) is -0.0627. The van der Waals surface area contributed by atoms with Crippen molar-refractivity contribution in [1.29, 1.82) is 0 Å². The van der Waals surface area contributed by atoms with Crippen molar-refractivity contribution in [3.8, 4) is 23.0 Å². The van der Waals surface area contributed by atoms with Crippen LogP contribution in [0, 0.1) is 17.3 Å². The molecule has 1 aliphatic rings. The third-order valence-corrected chi connectivity index (χ3v) is 11.4. The van der Waals surface area contributed by atoms with E-state index >= 15 is 4.79 Å². The van der Waals surface area contributed by atoms with E-state index < -0.39 is 40.5 Å². The van der Waals surface area contributed by atoms with E-state index in [9.17, 15) is 15.0 Å². The number of carbonyl (C=O) groups excluding carboxylic acids is 2. The van der Waals surface area contributed by atoms with Gasteiger partial charge < -0.3 is 39.8 Å². The summed E-state index contributed by atoms with van der Waals surface area (Å²) >= 11 is 0. The molecule has 56 heavy (non-hydrogen) atoms. The number of rotatable bonds is 18. The number of carbonyl (C=O) groups is 2. The van der Waals surface area contributed by atoms with Gasteiger partial charge in [0.25, 0.3) is 0 Å². The summed E-state index contributed by atoms with van der Waals surface area (Å²) in [6.45, 7) is 8.05. The van der Waals surface area contributed by atoms with Gasteiger partial charge in [0.05, 0.1) is 40.5 Å². The van der Waals surface area contributed by atoms with Crippen molar-refractivity contribution in [2.75, 3.05) is 28.4 Å². The highest BCUT2D eigenvalue weighted by Crippen LogP contribution is 2.53. The molecule has 0 heterocycles. The Morgan fingerprint density at radius 3 is 1.11 bits per heavy atom. The maximum absolute atomic E-state index is 16.0. The fraction of sp³-hybridized carbons (Fsp3) is 0.435. The van der Waals surface area contributed by atoms with E-state index in [2.05, 4.69) is 0 Å². The molecule has 0 radical (unpaired) electrons. The molecule has 1 aliphatic carbocycles. The molecule has 4 aromatic rings. The van der Waals surface area contributed by atoms with E-state index in [4.69, 9.17) is 24.7 Å². The second-order valence-corrected chi connectivity index (χ2v) is 15.6. The van der Waals surface area contributed by atoms with Crippen LogP contribution in [0.2, 0.25) is 0 Å². The lowest BCUT2D eigenvalue weighted by atomic mass is 9.64. The normalized spacial score (nSPS) is 15.1. The van der Waals surface area contributed by atoms with Crippen molar-refractivity contribution in [1.82, 2.24) is 4.90 Å². The minimum atomic E-state index is -2.06. The molecule has 10 heteroatoms. The summed E-state index contributed by atoms with van der Waals surface area (Å²) in [7, 11) is 6.12. The Labute approximate surface area is 331 Å². The maximum Gasteiger partial charge on any atom is 0.239 e. The van der Waals surface area contributed by atoms with Crippen LogP contribution < -0.4 is 24.7 Å². The number of aliphatic hydroxyl groups is 2. The molecule has 0 bridgehead atoms. The number of hydrogen-bond acceptors (Lipinski definition) is 8. The Morgan fingerprint density at radius 2 is 0.893 bits per heavy atom. The van der Waals surface area contributed by atoms with Crippen LogP contribution in [-0.4, -0.2) is 67.5 Å². The number of para-hydroxylation sites is 4. The Hall–Kier alpha value is -5.06. The number of primary amides is 1. The van der Waals surface area contributed by atoms with Crippen molar-refractivity contribution in [2.24, 2.45) is 23.0 Å². The molecule has 1 fully saturated rings. The van der Waals surface area contributed by atoms with Gasteiger partial charge in [-0.3, -0.25) is 9.59 Å². The fourth-order valence-electron chi connectivity index (χ4n) is 8.55. The average Bonchev–Trinajstić information content (AvgIpc) is 3.18. The van der Waals surface area contributed by atoms with Crippen molar-refractivity contribution < 1.29 is 38.7 Å². The Bertz CT molecular complexity index is 1760. The summed E-state index contributed by atoms with van der Waals surface area (Å²) in [5, 5.41) is 28.2. The molecule has 2 unspecified atom stereocenters. The summed E-state index contributed by atoms with van der Waals surface area (Å²) in [6, 6.07) is 26.3. The van der Waals surface area contributed by atoms with E-state index in [1.165, 1.54) is 28.4 Å². The second kappa shape index (κ2) is 17.4. The molecule has 0 saturated heterocycles. The van der Waals surface area contributed by atoms with Crippen LogP contribution in [0.1, 0.15) is 82.1 Å². The number of methoxy groups -OCH3 is 4. The van der Waals surface area contributed by atoms with Crippen molar-refractivity contribution in [3.63, 3.8) is 0 Å². The van der Waals surface area contributed by atoms with Gasteiger partial charge in [0.2, 0.25) is 11.8 Å². The lowest BCUT2D eigenvalue weighted by Gasteiger charge is -2.55. The standard InChI is InChI=1S/C46H58N2O8/c1-30(2)28-40(45(51,32-18-9-13-22-36(32)53-5)33-19-10-14-23-37(33)54-6)48(43(50)44(42(47)49)26-17-27-44)41(29-31(3)4)46(52,34-20-11-15-24-38(34)55-7)35-21-12-16-25-39(35)56-8/h9-16,18-25,30-31,40-41,51-52H,17,26-29H2,1-8H3,(H2,47,49). The van der Waals surface area contributed by atoms with Crippen LogP contribution >= 0.6 is 0 Å². The smallest absolute Gasteiger partial charge is 0.239 e. The van der Waals surface area contributed by atoms with Gasteiger partial charge in [-0.15, -0.1) is 0 Å². The molecule has 4 aromatic carbocycles. The van der Waals surface area contributed by atoms with E-state index in [0.29, 0.717) is 51.7 Å². The monoisotopic (exact) mass is 766 g/mol. The molecular weight excluding hydrogens is 709 g/mol. The third-order valence-electron chi connectivity index (χ3n) is 11.4. The molecule has 0 aliphatic heterocycles. The van der Waals surface area contributed by atoms with Crippen LogP contribution in [0.4, 0.5) is 0 Å². The van der Waals surface area contributed by atoms with Crippen LogP contribution in [0.3, 0.4) is 0 Å². The number of amides is 2. The Balaban J connectivity index is 2.03. The number of ether oxygens (including phenoxy) is 4. The second-order valence-electron chi connectivity index (χ2n) is 15.6. The maximum atomic E-state index is 16.0. The molecular formula is C46H58N2O8. The van der Waals surface area contributed by atoms with E-state index in [-0.39, 0.29) is 37.5 Å². The SMILES string of the molecule is COc1ccccc1C(O)(c1ccccc1OC)C(CC(C)C)N(C(=O)C1(C(N)=O)CCC1)C(CC(C)C)C(O)(c1ccccc1OC)c1ccccc1OC. The molecule has 0 spiro atoms. The first kappa shape index (κ1) is 42.1. The zero-order valence-corrected chi connectivity index (χ0v) is 34.0. The van der Waals surface area contributed by atoms with Crippen LogP contribution in [0.15, 0.2) is 97.1 Å². The Kier molecular flexibility index (Phi) is 13.1. The summed E-state index contributed by atoms with van der Waals surface area (Å²) in [5.41, 5.74) is 2.02. The summed E-state index contributed by atoms with van der Waals surface area (Å²) in [6.07, 6.45) is 1.50. The number of nitrogens with zero attached hydrogens (tertiary/aromatic N) is 1. The van der Waals surface area contributed by atoms with Crippen molar-refractivity contribution >= 4 is 11.8 Å². The van der Waals surface area contributed by atoms with Gasteiger partial charge in [-0.1, -0.05) is 107 Å². The molecule has 300 valence electrons. The summed E-state index contributed by atoms with van der Waals surface area (Å²) < 4.78 is 23.8. The van der Waals surface area contributed by atoms with Gasteiger partial charge in [0, 0.05) is 22.3 Å². The first-order valence-corrected chi connectivity index (χ1v) is 19.4. The van der Waals surface area contributed by atoms with E-state index in [1.54, 1.807) is 77.7 Å². The number of benzene rings is 4. The molecule has 0 aromatic heterocycles. The topological polar surface area (TPSA) is 141 Å². The van der Waals surface area contributed by atoms with Gasteiger partial charge in [-0.05, 0) is 61.8 Å². The van der Waals surface area contributed by atoms with Crippen molar-refractivity contribution in [3.05, 3.63) is 119 Å². The highest BCUT2D eigenvalue weighted by Gasteiger charge is 2.61. The molecule has 5 rings (SSSR count). The highest BCUT2D eigenvalue weighted by atomic mass is 16.5. The van der Waals surface area contributed by atoms with Gasteiger partial charge in [-0.25, -0.2) is 0 Å². The largest absolute Gasteiger partial charge is 0.496 e. The first-order valence-electron chi connectivity index (χ1n) is 19.4. The zero-order chi connectivity index (χ0) is 40.8. The van der Waals surface area contributed by atoms with E-state index in [1.807, 2.05) is 52.0 Å².